The van der Waals surface area contributed by atoms with E-state index in [4.69, 9.17) is 9.84 Å². The van der Waals surface area contributed by atoms with Gasteiger partial charge in [-0.15, -0.1) is 0 Å². The molecule has 0 aliphatic rings. The third-order valence-electron chi connectivity index (χ3n) is 3.68. The Morgan fingerprint density at radius 3 is 2.80 bits per heavy atom. The zero-order chi connectivity index (χ0) is 17.9. The Labute approximate surface area is 148 Å². The summed E-state index contributed by atoms with van der Waals surface area (Å²) in [6.07, 6.45) is 6.33. The summed E-state index contributed by atoms with van der Waals surface area (Å²) < 4.78 is 5.75. The number of carboxylic acid groups (broad SMARTS) is 1. The van der Waals surface area contributed by atoms with Gasteiger partial charge in [-0.3, -0.25) is 5.43 Å². The van der Waals surface area contributed by atoms with Gasteiger partial charge in [-0.25, -0.2) is 4.79 Å². The zero-order valence-corrected chi connectivity index (χ0v) is 14.4. The van der Waals surface area contributed by atoms with Gasteiger partial charge in [0.1, 0.15) is 5.75 Å². The van der Waals surface area contributed by atoms with E-state index in [1.807, 2.05) is 24.3 Å². The monoisotopic (exact) mass is 340 g/mol. The van der Waals surface area contributed by atoms with E-state index in [1.165, 1.54) is 25.3 Å². The first-order valence-corrected chi connectivity index (χ1v) is 8.55. The van der Waals surface area contributed by atoms with Crippen molar-refractivity contribution in [2.45, 2.75) is 32.6 Å². The highest BCUT2D eigenvalue weighted by atomic mass is 16.5. The summed E-state index contributed by atoms with van der Waals surface area (Å²) in [6.45, 7) is 2.90. The summed E-state index contributed by atoms with van der Waals surface area (Å²) in [6, 6.07) is 14.3. The van der Waals surface area contributed by atoms with Crippen molar-refractivity contribution in [2.24, 2.45) is 5.10 Å². The molecule has 0 bridgehead atoms. The van der Waals surface area contributed by atoms with Gasteiger partial charge in [-0.05, 0) is 36.2 Å². The van der Waals surface area contributed by atoms with Gasteiger partial charge in [-0.2, -0.15) is 5.10 Å². The van der Waals surface area contributed by atoms with Gasteiger partial charge in [0.15, 0.2) is 0 Å². The molecule has 0 amide bonds. The van der Waals surface area contributed by atoms with Crippen molar-refractivity contribution in [2.75, 3.05) is 12.0 Å². The van der Waals surface area contributed by atoms with E-state index in [0.29, 0.717) is 12.3 Å². The van der Waals surface area contributed by atoms with Crippen molar-refractivity contribution in [3.63, 3.8) is 0 Å². The first-order valence-electron chi connectivity index (χ1n) is 8.55. The Balaban J connectivity index is 1.91. The van der Waals surface area contributed by atoms with Crippen LogP contribution in [0.5, 0.6) is 5.75 Å². The van der Waals surface area contributed by atoms with E-state index in [9.17, 15) is 4.79 Å². The molecule has 2 aromatic carbocycles. The molecule has 0 spiro atoms. The lowest BCUT2D eigenvalue weighted by Crippen LogP contribution is -2.02. The molecule has 0 fully saturated rings. The van der Waals surface area contributed by atoms with Gasteiger partial charge in [0, 0.05) is 0 Å². The Kier molecular flexibility index (Phi) is 7.50. The Morgan fingerprint density at radius 2 is 2.00 bits per heavy atom. The Morgan fingerprint density at radius 1 is 1.16 bits per heavy atom. The number of carboxylic acids is 1. The molecular weight excluding hydrogens is 316 g/mol. The van der Waals surface area contributed by atoms with Crippen molar-refractivity contribution in [3.8, 4) is 5.75 Å². The number of benzene rings is 2. The summed E-state index contributed by atoms with van der Waals surface area (Å²) >= 11 is 0. The second-order valence-corrected chi connectivity index (χ2v) is 5.70. The molecule has 5 heteroatoms. The Bertz CT molecular complexity index is 714. The number of unbranched alkanes of at least 4 members (excludes halogenated alkanes) is 3. The summed E-state index contributed by atoms with van der Waals surface area (Å²) in [7, 11) is 0. The average molecular weight is 340 g/mol. The van der Waals surface area contributed by atoms with E-state index in [1.54, 1.807) is 24.4 Å². The topological polar surface area (TPSA) is 70.9 Å². The minimum atomic E-state index is -0.989. The van der Waals surface area contributed by atoms with Gasteiger partial charge in [-0.1, -0.05) is 50.5 Å². The second kappa shape index (κ2) is 10.1. The molecule has 5 nitrogen and oxygen atoms in total. The number of hydrazone groups is 1. The van der Waals surface area contributed by atoms with Crippen LogP contribution in [-0.4, -0.2) is 23.9 Å². The van der Waals surface area contributed by atoms with Crippen LogP contribution in [0.1, 0.15) is 48.5 Å². The lowest BCUT2D eigenvalue weighted by molar-refractivity contribution is 0.0698. The molecule has 0 saturated heterocycles. The number of carbonyl (C=O) groups is 1. The van der Waals surface area contributed by atoms with Crippen LogP contribution < -0.4 is 10.2 Å². The van der Waals surface area contributed by atoms with Gasteiger partial charge in [0.2, 0.25) is 0 Å². The number of nitrogens with one attached hydrogen (secondary N) is 1. The van der Waals surface area contributed by atoms with Crippen LogP contribution in [0, 0.1) is 0 Å². The number of para-hydroxylation sites is 1. The van der Waals surface area contributed by atoms with Crippen molar-refractivity contribution in [1.82, 2.24) is 0 Å². The second-order valence-electron chi connectivity index (χ2n) is 5.70. The SMILES string of the molecule is CCCCCCOc1cccc(/C=N/Nc2ccccc2C(=O)O)c1. The lowest BCUT2D eigenvalue weighted by Gasteiger charge is -2.07. The fourth-order valence-corrected chi connectivity index (χ4v) is 2.35. The van der Waals surface area contributed by atoms with Crippen molar-refractivity contribution in [3.05, 3.63) is 59.7 Å². The number of anilines is 1. The van der Waals surface area contributed by atoms with Crippen LogP contribution in [0.25, 0.3) is 0 Å². The number of aromatic carboxylic acids is 1. The van der Waals surface area contributed by atoms with Gasteiger partial charge >= 0.3 is 5.97 Å². The molecular formula is C20H24N2O3. The maximum Gasteiger partial charge on any atom is 0.337 e. The molecule has 0 radical (unpaired) electrons. The molecule has 0 saturated carbocycles. The number of hydrogen-bond donors (Lipinski definition) is 2. The number of nitrogens with zero attached hydrogens (tertiary/aromatic N) is 1. The maximum absolute atomic E-state index is 11.2. The van der Waals surface area contributed by atoms with Crippen molar-refractivity contribution in [1.29, 1.82) is 0 Å². The number of hydrogen-bond acceptors (Lipinski definition) is 4. The smallest absolute Gasteiger partial charge is 0.337 e. The normalized spacial score (nSPS) is 10.8. The molecule has 0 heterocycles. The summed E-state index contributed by atoms with van der Waals surface area (Å²) in [5.41, 5.74) is 4.29. The van der Waals surface area contributed by atoms with Gasteiger partial charge < -0.3 is 9.84 Å². The number of rotatable bonds is 10. The Hall–Kier alpha value is -2.82. The molecule has 132 valence electrons. The van der Waals surface area contributed by atoms with Crippen LogP contribution in [-0.2, 0) is 0 Å². The van der Waals surface area contributed by atoms with Crippen LogP contribution in [0.15, 0.2) is 53.6 Å². The zero-order valence-electron chi connectivity index (χ0n) is 14.4. The summed E-state index contributed by atoms with van der Waals surface area (Å²) in [5.74, 6) is -0.178. The summed E-state index contributed by atoms with van der Waals surface area (Å²) in [5, 5.41) is 13.3. The standard InChI is InChI=1S/C20H24N2O3/c1-2-3-4-7-13-25-17-10-8-9-16(14-17)15-21-22-19-12-6-5-11-18(19)20(23)24/h5-6,8-12,14-15,22H,2-4,7,13H2,1H3,(H,23,24)/b21-15+. The lowest BCUT2D eigenvalue weighted by atomic mass is 10.2. The maximum atomic E-state index is 11.2. The first-order chi connectivity index (χ1) is 12.2. The fraction of sp³-hybridized carbons (Fsp3) is 0.300. The molecule has 2 N–H and O–H groups in total. The van der Waals surface area contributed by atoms with Crippen LogP contribution in [0.4, 0.5) is 5.69 Å². The van der Waals surface area contributed by atoms with E-state index in [0.717, 1.165) is 17.7 Å². The minimum absolute atomic E-state index is 0.184. The van der Waals surface area contributed by atoms with Crippen LogP contribution in [0.2, 0.25) is 0 Å². The van der Waals surface area contributed by atoms with Crippen molar-refractivity contribution < 1.29 is 14.6 Å². The molecule has 2 rings (SSSR count). The van der Waals surface area contributed by atoms with Crippen molar-refractivity contribution >= 4 is 17.9 Å². The fourth-order valence-electron chi connectivity index (χ4n) is 2.35. The molecule has 2 aromatic rings. The van der Waals surface area contributed by atoms with Gasteiger partial charge in [0.05, 0.1) is 24.1 Å². The minimum Gasteiger partial charge on any atom is -0.494 e. The largest absolute Gasteiger partial charge is 0.494 e. The highest BCUT2D eigenvalue weighted by Gasteiger charge is 2.07. The molecule has 0 aromatic heterocycles. The third kappa shape index (κ3) is 6.30. The third-order valence-corrected chi connectivity index (χ3v) is 3.68. The molecule has 0 unspecified atom stereocenters. The molecule has 0 aliphatic carbocycles. The highest BCUT2D eigenvalue weighted by molar-refractivity contribution is 5.94. The van der Waals surface area contributed by atoms with E-state index >= 15 is 0 Å². The van der Waals surface area contributed by atoms with E-state index < -0.39 is 5.97 Å². The quantitative estimate of drug-likeness (QED) is 0.370. The predicted octanol–water partition coefficient (Wildman–Crippen LogP) is 4.79. The van der Waals surface area contributed by atoms with Crippen LogP contribution in [0.3, 0.4) is 0 Å². The van der Waals surface area contributed by atoms with Gasteiger partial charge in [0.25, 0.3) is 0 Å². The highest BCUT2D eigenvalue weighted by Crippen LogP contribution is 2.16. The van der Waals surface area contributed by atoms with E-state index in [-0.39, 0.29) is 5.56 Å². The predicted molar refractivity (Wildman–Crippen MR) is 101 cm³/mol. The van der Waals surface area contributed by atoms with Crippen LogP contribution >= 0.6 is 0 Å². The molecule has 0 atom stereocenters. The average Bonchev–Trinajstić information content (AvgIpc) is 2.62. The summed E-state index contributed by atoms with van der Waals surface area (Å²) in [4.78, 5) is 11.2. The number of ether oxygens (including phenoxy) is 1. The molecule has 0 aliphatic heterocycles. The van der Waals surface area contributed by atoms with E-state index in [2.05, 4.69) is 17.5 Å². The molecule has 25 heavy (non-hydrogen) atoms. The first kappa shape index (κ1) is 18.5.